The van der Waals surface area contributed by atoms with Gasteiger partial charge in [0.15, 0.2) is 6.61 Å². The predicted octanol–water partition coefficient (Wildman–Crippen LogP) is 6.28. The maximum atomic E-state index is 13.1. The van der Waals surface area contributed by atoms with Crippen molar-refractivity contribution >= 4 is 52.3 Å². The number of likely N-dealkylation sites (tertiary alicyclic amines) is 1. The zero-order chi connectivity index (χ0) is 30.4. The Morgan fingerprint density at radius 1 is 0.976 bits per heavy atom. The fourth-order valence-electron chi connectivity index (χ4n) is 4.83. The van der Waals surface area contributed by atoms with E-state index in [-0.39, 0.29) is 41.9 Å². The van der Waals surface area contributed by atoms with Crippen LogP contribution in [0.25, 0.3) is 11.1 Å². The summed E-state index contributed by atoms with van der Waals surface area (Å²) in [6.07, 6.45) is 2.83. The molecule has 3 amide bonds. The van der Waals surface area contributed by atoms with E-state index in [4.69, 9.17) is 27.9 Å². The summed E-state index contributed by atoms with van der Waals surface area (Å²) < 4.78 is 5.45. The zero-order valence-electron chi connectivity index (χ0n) is 24.3. The number of carbonyl (C=O) groups is 3. The fourth-order valence-corrected chi connectivity index (χ4v) is 5.15. The van der Waals surface area contributed by atoms with E-state index in [0.717, 1.165) is 22.4 Å². The number of nitrogens with zero attached hydrogens (tertiary/aromatic N) is 3. The van der Waals surface area contributed by atoms with Crippen molar-refractivity contribution in [3.8, 4) is 16.9 Å². The molecule has 0 bridgehead atoms. The van der Waals surface area contributed by atoms with Crippen LogP contribution in [0.2, 0.25) is 10.0 Å². The smallest absolute Gasteiger partial charge is 0.265 e. The van der Waals surface area contributed by atoms with Gasteiger partial charge in [0, 0.05) is 25.7 Å². The number of hydrogen-bond acceptors (Lipinski definition) is 5. The quantitative estimate of drug-likeness (QED) is 0.355. The van der Waals surface area contributed by atoms with Gasteiger partial charge in [0.1, 0.15) is 12.3 Å². The number of likely N-dealkylation sites (N-methyl/N-ethyl adjacent to an activating group) is 1. The lowest BCUT2D eigenvalue weighted by atomic mass is 10.0. The van der Waals surface area contributed by atoms with Crippen molar-refractivity contribution in [1.82, 2.24) is 9.80 Å². The van der Waals surface area contributed by atoms with Crippen LogP contribution in [0.1, 0.15) is 38.3 Å². The molecule has 3 aromatic carbocycles. The van der Waals surface area contributed by atoms with Crippen LogP contribution in [-0.2, 0) is 14.4 Å². The van der Waals surface area contributed by atoms with Gasteiger partial charge >= 0.3 is 0 Å². The first-order chi connectivity index (χ1) is 20.0. The average molecular weight is 612 g/mol. The lowest BCUT2D eigenvalue weighted by molar-refractivity contribution is -0.132. The van der Waals surface area contributed by atoms with E-state index in [2.05, 4.69) is 17.3 Å². The van der Waals surface area contributed by atoms with Crippen LogP contribution in [0.15, 0.2) is 60.7 Å². The summed E-state index contributed by atoms with van der Waals surface area (Å²) in [5.74, 6) is -0.264. The third kappa shape index (κ3) is 7.82. The third-order valence-corrected chi connectivity index (χ3v) is 8.20. The van der Waals surface area contributed by atoms with Crippen LogP contribution in [-0.4, -0.2) is 67.9 Å². The average Bonchev–Trinajstić information content (AvgIpc) is 3.46. The van der Waals surface area contributed by atoms with E-state index in [0.29, 0.717) is 16.5 Å². The van der Waals surface area contributed by atoms with Gasteiger partial charge in [-0.25, -0.2) is 0 Å². The van der Waals surface area contributed by atoms with Gasteiger partial charge in [-0.05, 0) is 74.8 Å². The van der Waals surface area contributed by atoms with Crippen LogP contribution in [0.4, 0.5) is 11.4 Å². The summed E-state index contributed by atoms with van der Waals surface area (Å²) in [7, 11) is 3.88. The van der Waals surface area contributed by atoms with Crippen LogP contribution >= 0.6 is 23.2 Å². The Bertz CT molecular complexity index is 1420. The van der Waals surface area contributed by atoms with Gasteiger partial charge in [-0.1, -0.05) is 59.6 Å². The van der Waals surface area contributed by atoms with Crippen molar-refractivity contribution < 1.29 is 19.1 Å². The maximum absolute atomic E-state index is 13.1. The molecule has 0 aliphatic carbocycles. The number of rotatable bonds is 6. The summed E-state index contributed by atoms with van der Waals surface area (Å²) in [6.45, 7) is 5.72. The number of nitrogens with one attached hydrogen (secondary N) is 1. The Morgan fingerprint density at radius 3 is 2.10 bits per heavy atom. The minimum atomic E-state index is -0.329. The van der Waals surface area contributed by atoms with Gasteiger partial charge in [0.05, 0.1) is 21.8 Å². The molecule has 1 fully saturated rings. The van der Waals surface area contributed by atoms with Crippen molar-refractivity contribution in [3.05, 3.63) is 76.3 Å². The van der Waals surface area contributed by atoms with E-state index >= 15 is 0 Å². The number of anilines is 2. The molecule has 0 saturated carbocycles. The van der Waals surface area contributed by atoms with Crippen molar-refractivity contribution in [2.24, 2.45) is 0 Å². The van der Waals surface area contributed by atoms with Gasteiger partial charge in [-0.2, -0.15) is 0 Å². The molecule has 42 heavy (non-hydrogen) atoms. The molecule has 3 aromatic rings. The summed E-state index contributed by atoms with van der Waals surface area (Å²) in [5.41, 5.74) is 4.14. The Balaban J connectivity index is 0.000000600. The molecule has 8 nitrogen and oxygen atoms in total. The van der Waals surface area contributed by atoms with Gasteiger partial charge in [-0.15, -0.1) is 0 Å². The predicted molar refractivity (Wildman–Crippen MR) is 168 cm³/mol. The molecule has 0 radical (unpaired) electrons. The highest BCUT2D eigenvalue weighted by molar-refractivity contribution is 6.42. The molecule has 1 saturated heterocycles. The second-order valence-electron chi connectivity index (χ2n) is 10.6. The lowest BCUT2D eigenvalue weighted by Gasteiger charge is -2.32. The summed E-state index contributed by atoms with van der Waals surface area (Å²) >= 11 is 12.2. The van der Waals surface area contributed by atoms with E-state index < -0.39 is 0 Å². The molecule has 222 valence electrons. The van der Waals surface area contributed by atoms with E-state index in [1.54, 1.807) is 18.0 Å². The molecular formula is C32H36Cl2N4O4. The monoisotopic (exact) mass is 610 g/mol. The van der Waals surface area contributed by atoms with Crippen LogP contribution in [0.3, 0.4) is 0 Å². The molecule has 5 rings (SSSR count). The third-order valence-electron chi connectivity index (χ3n) is 7.47. The van der Waals surface area contributed by atoms with E-state index in [9.17, 15) is 14.4 Å². The normalized spacial score (nSPS) is 15.2. The SMILES string of the molecule is CC(=O)Nc1ccc(-c2ccc(C(C)N(C)C(=O)CN3C(=O)COc4cc(Cl)c(Cl)cc43)cc2)cc1.CN1CCCC1. The topological polar surface area (TPSA) is 82.2 Å². The van der Waals surface area contributed by atoms with Crippen molar-refractivity contribution in [2.45, 2.75) is 32.7 Å². The summed E-state index contributed by atoms with van der Waals surface area (Å²) in [5, 5.41) is 3.34. The highest BCUT2D eigenvalue weighted by Gasteiger charge is 2.30. The van der Waals surface area contributed by atoms with Gasteiger partial charge in [0.25, 0.3) is 5.91 Å². The van der Waals surface area contributed by atoms with E-state index in [1.807, 2.05) is 55.5 Å². The molecule has 1 N–H and O–H groups in total. The molecule has 1 atom stereocenters. The first-order valence-corrected chi connectivity index (χ1v) is 14.6. The van der Waals surface area contributed by atoms with Crippen LogP contribution in [0, 0.1) is 0 Å². The summed E-state index contributed by atoms with van der Waals surface area (Å²) in [4.78, 5) is 42.2. The van der Waals surface area contributed by atoms with Crippen LogP contribution < -0.4 is 15.0 Å². The molecule has 0 spiro atoms. The maximum Gasteiger partial charge on any atom is 0.265 e. The lowest BCUT2D eigenvalue weighted by Crippen LogP contribution is -2.46. The number of amides is 3. The second-order valence-corrected chi connectivity index (χ2v) is 11.4. The number of benzene rings is 3. The number of halogens is 2. The second kappa shape index (κ2) is 14.1. The Labute approximate surface area is 257 Å². The minimum Gasteiger partial charge on any atom is -0.482 e. The Hall–Kier alpha value is -3.59. The molecule has 0 aromatic heterocycles. The number of carbonyl (C=O) groups excluding carboxylic acids is 3. The van der Waals surface area contributed by atoms with Gasteiger partial charge in [-0.3, -0.25) is 19.3 Å². The highest BCUT2D eigenvalue weighted by atomic mass is 35.5. The van der Waals surface area contributed by atoms with Gasteiger partial charge in [0.2, 0.25) is 11.8 Å². The molecule has 1 unspecified atom stereocenters. The Morgan fingerprint density at radius 2 is 1.55 bits per heavy atom. The van der Waals surface area contributed by atoms with Gasteiger partial charge < -0.3 is 19.9 Å². The first-order valence-electron chi connectivity index (χ1n) is 13.9. The number of hydrogen-bond donors (Lipinski definition) is 1. The molecular weight excluding hydrogens is 575 g/mol. The minimum absolute atomic E-state index is 0.116. The highest BCUT2D eigenvalue weighted by Crippen LogP contribution is 2.39. The van der Waals surface area contributed by atoms with Crippen molar-refractivity contribution in [3.63, 3.8) is 0 Å². The number of ether oxygens (including phenoxy) is 1. The fraction of sp³-hybridized carbons (Fsp3) is 0.344. The molecule has 2 aliphatic rings. The van der Waals surface area contributed by atoms with Crippen LogP contribution in [0.5, 0.6) is 5.75 Å². The van der Waals surface area contributed by atoms with Crippen molar-refractivity contribution in [1.29, 1.82) is 0 Å². The first kappa shape index (κ1) is 31.3. The molecule has 2 aliphatic heterocycles. The number of fused-ring (bicyclic) bond motifs is 1. The Kier molecular flexibility index (Phi) is 10.5. The van der Waals surface area contributed by atoms with E-state index in [1.165, 1.54) is 43.8 Å². The zero-order valence-corrected chi connectivity index (χ0v) is 25.8. The molecule has 10 heteroatoms. The standard InChI is InChI=1S/C27H25Cl2N3O4.C5H11N/c1-16(18-4-6-19(7-5-18)20-8-10-21(11-9-20)30-17(2)33)31(3)26(34)14-32-24-12-22(28)23(29)13-25(24)36-15-27(32)35;1-6-4-2-3-5-6/h4-13,16H,14-15H2,1-3H3,(H,30,33);2-5H2,1H3. The molecule has 2 heterocycles. The summed E-state index contributed by atoms with van der Waals surface area (Å²) in [6, 6.07) is 18.4. The largest absolute Gasteiger partial charge is 0.482 e. The van der Waals surface area contributed by atoms with Crippen molar-refractivity contribution in [2.75, 3.05) is 50.6 Å².